The van der Waals surface area contributed by atoms with E-state index in [-0.39, 0.29) is 5.69 Å². The van der Waals surface area contributed by atoms with Gasteiger partial charge in [-0.25, -0.2) is 0 Å². The molecule has 0 aliphatic heterocycles. The fraction of sp³-hybridized carbons (Fsp3) is 0. The molecule has 0 aliphatic carbocycles. The fourth-order valence-corrected chi connectivity index (χ4v) is 0.550. The smallest absolute Gasteiger partial charge is 0.269 e. The van der Waals surface area contributed by atoms with Gasteiger partial charge in [0.25, 0.3) is 5.69 Å². The van der Waals surface area contributed by atoms with Crippen LogP contribution in [0, 0.1) is 10.1 Å². The van der Waals surface area contributed by atoms with Crippen LogP contribution in [0.25, 0.3) is 0 Å². The van der Waals surface area contributed by atoms with Gasteiger partial charge in [0.05, 0.1) is 16.8 Å². The van der Waals surface area contributed by atoms with Crippen molar-refractivity contribution in [1.29, 1.82) is 0 Å². The minimum absolute atomic E-state index is 0.137. The van der Waals surface area contributed by atoms with Gasteiger partial charge in [0, 0.05) is 12.1 Å². The highest BCUT2D eigenvalue weighted by molar-refractivity contribution is 6.04. The Kier molecular flexibility index (Phi) is 5.06. The lowest BCUT2D eigenvalue weighted by Gasteiger charge is -1.85. The Morgan fingerprint density at radius 1 is 1.27 bits per heavy atom. The Hall–Kier alpha value is -1.13. The molecule has 1 N–H and O–H groups in total. The van der Waals surface area contributed by atoms with E-state index in [0.717, 1.165) is 0 Å². The Morgan fingerprint density at radius 2 is 1.73 bits per heavy atom. The van der Waals surface area contributed by atoms with E-state index >= 15 is 0 Å². The summed E-state index contributed by atoms with van der Waals surface area (Å²) < 4.78 is 6.47. The fourth-order valence-electron chi connectivity index (χ4n) is 0.550. The summed E-state index contributed by atoms with van der Waals surface area (Å²) in [5, 5.41) is 10.0. The topological polar surface area (TPSA) is 63.4 Å². The molecular formula is C6H6ClNO3. The lowest BCUT2D eigenvalue weighted by molar-refractivity contribution is -0.384. The Bertz CT molecular complexity index is 214. The first kappa shape index (κ1) is 9.87. The van der Waals surface area contributed by atoms with Gasteiger partial charge in [-0.15, -0.1) is 0 Å². The molecule has 1 rings (SSSR count). The van der Waals surface area contributed by atoms with Crippen molar-refractivity contribution in [2.75, 3.05) is 0 Å². The number of nitro groups is 1. The highest BCUT2D eigenvalue weighted by atomic mass is 35.5. The van der Waals surface area contributed by atoms with E-state index in [1.807, 2.05) is 0 Å². The second kappa shape index (κ2) is 5.64. The normalized spacial score (nSPS) is 7.82. The highest BCUT2D eigenvalue weighted by Gasteiger charge is 1.98. The number of nitro benzene ring substituents is 1. The second-order valence-electron chi connectivity index (χ2n) is 1.59. The molecule has 11 heavy (non-hydrogen) atoms. The molecule has 0 heterocycles. The number of hydrogen-bond acceptors (Lipinski definition) is 3. The van der Waals surface area contributed by atoms with Crippen LogP contribution in [-0.2, 0) is 0 Å². The van der Waals surface area contributed by atoms with Crippen LogP contribution in [0.5, 0.6) is 0 Å². The second-order valence-corrected chi connectivity index (χ2v) is 1.59. The summed E-state index contributed by atoms with van der Waals surface area (Å²) in [6, 6.07) is 7.93. The summed E-state index contributed by atoms with van der Waals surface area (Å²) in [4.78, 5) is 9.59. The molecule has 60 valence electrons. The van der Waals surface area contributed by atoms with Crippen molar-refractivity contribution in [3.63, 3.8) is 0 Å². The SMILES string of the molecule is O=[N+]([O-])c1ccccc1.OCl. The third-order valence-corrected chi connectivity index (χ3v) is 0.967. The molecule has 0 radical (unpaired) electrons. The molecule has 0 saturated carbocycles. The molecule has 0 unspecified atom stereocenters. The minimum atomic E-state index is -0.417. The van der Waals surface area contributed by atoms with Crippen molar-refractivity contribution in [2.24, 2.45) is 0 Å². The van der Waals surface area contributed by atoms with E-state index in [1.165, 1.54) is 12.1 Å². The number of nitrogens with zero attached hydrogens (tertiary/aromatic N) is 1. The van der Waals surface area contributed by atoms with Crippen molar-refractivity contribution in [3.8, 4) is 0 Å². The summed E-state index contributed by atoms with van der Waals surface area (Å²) in [5.74, 6) is 0. The van der Waals surface area contributed by atoms with E-state index in [2.05, 4.69) is 11.9 Å². The molecule has 0 bridgehead atoms. The van der Waals surface area contributed by atoms with E-state index in [9.17, 15) is 10.1 Å². The molecular weight excluding hydrogens is 170 g/mol. The third kappa shape index (κ3) is 3.54. The molecule has 5 heteroatoms. The molecule has 1 aromatic rings. The van der Waals surface area contributed by atoms with Crippen LogP contribution in [0.4, 0.5) is 5.69 Å². The highest BCUT2D eigenvalue weighted by Crippen LogP contribution is 2.06. The minimum Gasteiger partial charge on any atom is -0.295 e. The van der Waals surface area contributed by atoms with Gasteiger partial charge in [-0.2, -0.15) is 0 Å². The van der Waals surface area contributed by atoms with Gasteiger partial charge >= 0.3 is 0 Å². The van der Waals surface area contributed by atoms with Crippen molar-refractivity contribution in [1.82, 2.24) is 0 Å². The summed E-state index contributed by atoms with van der Waals surface area (Å²) >= 11 is 3.64. The lowest BCUT2D eigenvalue weighted by atomic mass is 10.3. The number of para-hydroxylation sites is 1. The van der Waals surface area contributed by atoms with Crippen molar-refractivity contribution >= 4 is 17.6 Å². The van der Waals surface area contributed by atoms with Crippen LogP contribution in [-0.4, -0.2) is 9.58 Å². The number of non-ortho nitro benzene ring substituents is 1. The zero-order chi connectivity index (χ0) is 8.69. The quantitative estimate of drug-likeness (QED) is 0.522. The Balaban J connectivity index is 0.000000461. The molecule has 0 amide bonds. The van der Waals surface area contributed by atoms with Gasteiger partial charge in [-0.3, -0.25) is 14.8 Å². The predicted molar refractivity (Wildman–Crippen MR) is 41.2 cm³/mol. The number of rotatable bonds is 1. The molecule has 0 spiro atoms. The van der Waals surface area contributed by atoms with Gasteiger partial charge < -0.3 is 0 Å². The summed E-state index contributed by atoms with van der Waals surface area (Å²) in [7, 11) is 0. The maximum absolute atomic E-state index is 10.0. The van der Waals surface area contributed by atoms with E-state index in [0.29, 0.717) is 0 Å². The van der Waals surface area contributed by atoms with Crippen LogP contribution in [0.3, 0.4) is 0 Å². The first-order valence-electron chi connectivity index (χ1n) is 2.67. The molecule has 0 fully saturated rings. The van der Waals surface area contributed by atoms with Crippen LogP contribution in [0.15, 0.2) is 30.3 Å². The molecule has 0 aromatic heterocycles. The van der Waals surface area contributed by atoms with Crippen LogP contribution in [0.1, 0.15) is 0 Å². The van der Waals surface area contributed by atoms with E-state index < -0.39 is 4.92 Å². The zero-order valence-corrected chi connectivity index (χ0v) is 6.23. The third-order valence-electron chi connectivity index (χ3n) is 0.967. The van der Waals surface area contributed by atoms with E-state index in [1.54, 1.807) is 18.2 Å². The first-order valence-corrected chi connectivity index (χ1v) is 3.01. The maximum Gasteiger partial charge on any atom is 0.269 e. The molecule has 0 atom stereocenters. The zero-order valence-electron chi connectivity index (χ0n) is 5.48. The van der Waals surface area contributed by atoms with Gasteiger partial charge in [-0.1, -0.05) is 18.2 Å². The average molecular weight is 176 g/mol. The van der Waals surface area contributed by atoms with E-state index in [4.69, 9.17) is 4.66 Å². The van der Waals surface area contributed by atoms with Gasteiger partial charge in [-0.05, 0) is 0 Å². The van der Waals surface area contributed by atoms with Crippen LogP contribution in [0.2, 0.25) is 0 Å². The predicted octanol–water partition coefficient (Wildman–Crippen LogP) is 1.73. The monoisotopic (exact) mass is 175 g/mol. The lowest BCUT2D eigenvalue weighted by Crippen LogP contribution is -1.84. The standard InChI is InChI=1S/C6H5NO2.ClHO/c8-7(9)6-4-2-1-3-5-6;1-2/h1-5H;2H. The number of benzene rings is 1. The summed E-state index contributed by atoms with van der Waals surface area (Å²) in [5.41, 5.74) is 0.137. The van der Waals surface area contributed by atoms with Crippen LogP contribution >= 0.6 is 11.9 Å². The molecule has 0 saturated heterocycles. The van der Waals surface area contributed by atoms with Crippen molar-refractivity contribution in [3.05, 3.63) is 40.4 Å². The number of hydrogen-bond donors (Lipinski definition) is 1. The van der Waals surface area contributed by atoms with Gasteiger partial charge in [0.15, 0.2) is 0 Å². The van der Waals surface area contributed by atoms with Crippen LogP contribution < -0.4 is 0 Å². The maximum atomic E-state index is 10.0. The Morgan fingerprint density at radius 3 is 2.00 bits per heavy atom. The largest absolute Gasteiger partial charge is 0.295 e. The molecule has 0 aliphatic rings. The average Bonchev–Trinajstić information content (AvgIpc) is 2.10. The van der Waals surface area contributed by atoms with Gasteiger partial charge in [0.2, 0.25) is 0 Å². The molecule has 4 nitrogen and oxygen atoms in total. The molecule has 1 aromatic carbocycles. The first-order chi connectivity index (χ1) is 5.30. The van der Waals surface area contributed by atoms with Gasteiger partial charge in [0.1, 0.15) is 0 Å². The van der Waals surface area contributed by atoms with Crippen molar-refractivity contribution in [2.45, 2.75) is 0 Å². The summed E-state index contributed by atoms with van der Waals surface area (Å²) in [6.45, 7) is 0. The number of halogens is 1. The van der Waals surface area contributed by atoms with Crippen molar-refractivity contribution < 1.29 is 9.58 Å². The Labute approximate surface area is 68.4 Å². The summed E-state index contributed by atoms with van der Waals surface area (Å²) in [6.07, 6.45) is 0.